The van der Waals surface area contributed by atoms with Gasteiger partial charge in [-0.15, -0.1) is 0 Å². The highest BCUT2D eigenvalue weighted by molar-refractivity contribution is 6.44. The molecule has 2 N–H and O–H groups in total. The Labute approximate surface area is 129 Å². The number of nitrogens with one attached hydrogen (secondary N) is 1. The highest BCUT2D eigenvalue weighted by Crippen LogP contribution is 2.37. The minimum Gasteiger partial charge on any atom is -0.396 e. The third-order valence-corrected chi connectivity index (χ3v) is 4.95. The van der Waals surface area contributed by atoms with E-state index in [1.54, 1.807) is 12.1 Å². The lowest BCUT2D eigenvalue weighted by molar-refractivity contribution is 0.0944. The van der Waals surface area contributed by atoms with Crippen molar-refractivity contribution in [1.82, 2.24) is 0 Å². The van der Waals surface area contributed by atoms with Crippen molar-refractivity contribution in [3.05, 3.63) is 27.2 Å². The number of rotatable bonds is 4. The maximum absolute atomic E-state index is 9.67. The minimum atomic E-state index is -0.0340. The largest absolute Gasteiger partial charge is 0.396 e. The highest BCUT2D eigenvalue weighted by Gasteiger charge is 2.31. The molecule has 1 aliphatic rings. The van der Waals surface area contributed by atoms with E-state index in [0.29, 0.717) is 21.6 Å². The predicted octanol–water partition coefficient (Wildman–Crippen LogP) is 5.00. The third-order valence-electron chi connectivity index (χ3n) is 3.91. The van der Waals surface area contributed by atoms with E-state index in [1.165, 1.54) is 19.3 Å². The minimum absolute atomic E-state index is 0.0340. The quantitative estimate of drug-likeness (QED) is 0.764. The molecule has 0 radical (unpaired) electrons. The number of hydrogen-bond acceptors (Lipinski definition) is 2. The number of aliphatic hydroxyl groups excluding tert-OH is 1. The van der Waals surface area contributed by atoms with E-state index < -0.39 is 0 Å². The van der Waals surface area contributed by atoms with E-state index in [0.717, 1.165) is 18.5 Å². The van der Waals surface area contributed by atoms with Gasteiger partial charge in [-0.3, -0.25) is 0 Å². The fourth-order valence-corrected chi connectivity index (χ4v) is 3.25. The van der Waals surface area contributed by atoms with Crippen LogP contribution in [0.2, 0.25) is 15.1 Å². The second-order valence-electron chi connectivity index (χ2n) is 5.32. The normalized spacial score (nSPS) is 18.3. The first-order chi connectivity index (χ1) is 9.06. The molecule has 5 heteroatoms. The Kier molecular flexibility index (Phi) is 5.24. The fraction of sp³-hybridized carbons (Fsp3) is 0.571. The van der Waals surface area contributed by atoms with Crippen LogP contribution in [0.1, 0.15) is 32.1 Å². The monoisotopic (exact) mass is 321 g/mol. The summed E-state index contributed by atoms with van der Waals surface area (Å²) in [5.74, 6) is 0. The smallest absolute Gasteiger partial charge is 0.0653 e. The molecular weight excluding hydrogens is 305 g/mol. The van der Waals surface area contributed by atoms with Crippen molar-refractivity contribution in [2.45, 2.75) is 32.1 Å². The van der Waals surface area contributed by atoms with Gasteiger partial charge in [0.1, 0.15) is 0 Å². The molecule has 0 atom stereocenters. The molecule has 1 saturated carbocycles. The van der Waals surface area contributed by atoms with Gasteiger partial charge < -0.3 is 10.4 Å². The van der Waals surface area contributed by atoms with Crippen molar-refractivity contribution in [2.75, 3.05) is 18.5 Å². The summed E-state index contributed by atoms with van der Waals surface area (Å²) in [5, 5.41) is 14.5. The predicted molar refractivity (Wildman–Crippen MR) is 82.6 cm³/mol. The molecule has 0 amide bonds. The topological polar surface area (TPSA) is 32.3 Å². The van der Waals surface area contributed by atoms with E-state index >= 15 is 0 Å². The SMILES string of the molecule is OCC1(CNc2cc(Cl)c(Cl)cc2Cl)CCCCC1. The first kappa shape index (κ1) is 15.2. The van der Waals surface area contributed by atoms with Gasteiger partial charge in [-0.2, -0.15) is 0 Å². The van der Waals surface area contributed by atoms with Gasteiger partial charge in [0.15, 0.2) is 0 Å². The Balaban J connectivity index is 2.07. The number of anilines is 1. The molecule has 0 heterocycles. The second kappa shape index (κ2) is 6.53. The lowest BCUT2D eigenvalue weighted by Crippen LogP contribution is -2.35. The van der Waals surface area contributed by atoms with Crippen LogP contribution in [0.3, 0.4) is 0 Å². The molecule has 0 spiro atoms. The van der Waals surface area contributed by atoms with Gasteiger partial charge in [-0.25, -0.2) is 0 Å². The van der Waals surface area contributed by atoms with Crippen LogP contribution in [0.4, 0.5) is 5.69 Å². The van der Waals surface area contributed by atoms with Gasteiger partial charge in [0, 0.05) is 12.0 Å². The Bertz CT molecular complexity index is 445. The van der Waals surface area contributed by atoms with Gasteiger partial charge in [0.2, 0.25) is 0 Å². The van der Waals surface area contributed by atoms with Gasteiger partial charge in [0.25, 0.3) is 0 Å². The van der Waals surface area contributed by atoms with Crippen LogP contribution in [0.5, 0.6) is 0 Å². The number of hydrogen-bond donors (Lipinski definition) is 2. The van der Waals surface area contributed by atoms with E-state index in [1.807, 2.05) is 0 Å². The molecule has 106 valence electrons. The molecule has 1 aromatic rings. The lowest BCUT2D eigenvalue weighted by Gasteiger charge is -2.36. The van der Waals surface area contributed by atoms with Crippen LogP contribution >= 0.6 is 34.8 Å². The molecule has 1 aromatic carbocycles. The first-order valence-electron chi connectivity index (χ1n) is 6.56. The van der Waals surface area contributed by atoms with E-state index in [4.69, 9.17) is 34.8 Å². The molecule has 0 aliphatic heterocycles. The molecule has 1 aliphatic carbocycles. The van der Waals surface area contributed by atoms with E-state index in [9.17, 15) is 5.11 Å². The van der Waals surface area contributed by atoms with Crippen molar-refractivity contribution in [3.8, 4) is 0 Å². The fourth-order valence-electron chi connectivity index (χ4n) is 2.63. The van der Waals surface area contributed by atoms with E-state index in [-0.39, 0.29) is 12.0 Å². The summed E-state index contributed by atoms with van der Waals surface area (Å²) in [7, 11) is 0. The van der Waals surface area contributed by atoms with Gasteiger partial charge >= 0.3 is 0 Å². The molecule has 2 nitrogen and oxygen atoms in total. The zero-order valence-electron chi connectivity index (χ0n) is 10.7. The molecule has 19 heavy (non-hydrogen) atoms. The summed E-state index contributed by atoms with van der Waals surface area (Å²) in [6.07, 6.45) is 5.72. The van der Waals surface area contributed by atoms with Crippen LogP contribution < -0.4 is 5.32 Å². The Morgan fingerprint density at radius 2 is 1.63 bits per heavy atom. The van der Waals surface area contributed by atoms with Crippen molar-refractivity contribution in [2.24, 2.45) is 5.41 Å². The average Bonchev–Trinajstić information content (AvgIpc) is 2.42. The Hall–Kier alpha value is -0.150. The summed E-state index contributed by atoms with van der Waals surface area (Å²) in [5.41, 5.74) is 0.739. The number of halogens is 3. The molecule has 0 bridgehead atoms. The molecular formula is C14H18Cl3NO. The zero-order valence-corrected chi connectivity index (χ0v) is 13.0. The van der Waals surface area contributed by atoms with Crippen LogP contribution in [0, 0.1) is 5.41 Å². The van der Waals surface area contributed by atoms with Crippen molar-refractivity contribution in [1.29, 1.82) is 0 Å². The van der Waals surface area contributed by atoms with Crippen LogP contribution in [-0.2, 0) is 0 Å². The lowest BCUT2D eigenvalue weighted by atomic mass is 9.74. The van der Waals surface area contributed by atoms with Gasteiger partial charge in [-0.05, 0) is 25.0 Å². The maximum Gasteiger partial charge on any atom is 0.0653 e. The zero-order chi connectivity index (χ0) is 13.9. The summed E-state index contributed by atoms with van der Waals surface area (Å²) in [4.78, 5) is 0. The molecule has 0 saturated heterocycles. The van der Waals surface area contributed by atoms with Crippen LogP contribution in [0.25, 0.3) is 0 Å². The van der Waals surface area contributed by atoms with Gasteiger partial charge in [0.05, 0.1) is 27.4 Å². The number of aliphatic hydroxyl groups is 1. The third kappa shape index (κ3) is 3.69. The second-order valence-corrected chi connectivity index (χ2v) is 6.54. The molecule has 1 fully saturated rings. The molecule has 2 rings (SSSR count). The highest BCUT2D eigenvalue weighted by atomic mass is 35.5. The summed E-state index contributed by atoms with van der Waals surface area (Å²) in [6.45, 7) is 0.917. The summed E-state index contributed by atoms with van der Waals surface area (Å²) in [6, 6.07) is 3.38. The first-order valence-corrected chi connectivity index (χ1v) is 7.69. The Morgan fingerprint density at radius 3 is 2.26 bits per heavy atom. The van der Waals surface area contributed by atoms with Crippen LogP contribution in [-0.4, -0.2) is 18.3 Å². The van der Waals surface area contributed by atoms with Crippen LogP contribution in [0.15, 0.2) is 12.1 Å². The standard InChI is InChI=1S/C14H18Cl3NO/c15-10-6-12(17)13(7-11(10)16)18-8-14(9-19)4-2-1-3-5-14/h6-7,18-19H,1-5,8-9H2. The maximum atomic E-state index is 9.67. The number of benzene rings is 1. The summed E-state index contributed by atoms with van der Waals surface area (Å²) >= 11 is 18.0. The van der Waals surface area contributed by atoms with E-state index in [2.05, 4.69) is 5.32 Å². The van der Waals surface area contributed by atoms with Crippen molar-refractivity contribution in [3.63, 3.8) is 0 Å². The van der Waals surface area contributed by atoms with Crippen molar-refractivity contribution >= 4 is 40.5 Å². The summed E-state index contributed by atoms with van der Waals surface area (Å²) < 4.78 is 0. The Morgan fingerprint density at radius 1 is 1.00 bits per heavy atom. The molecule has 0 aromatic heterocycles. The molecule has 0 unspecified atom stereocenters. The van der Waals surface area contributed by atoms with Gasteiger partial charge in [-0.1, -0.05) is 54.1 Å². The van der Waals surface area contributed by atoms with Crippen molar-refractivity contribution < 1.29 is 5.11 Å². The average molecular weight is 323 g/mol.